The number of nitrogens with zero attached hydrogens (tertiary/aromatic N) is 3. The van der Waals surface area contributed by atoms with E-state index in [0.717, 1.165) is 39.1 Å². The first-order valence-corrected chi connectivity index (χ1v) is 10.00. The highest BCUT2D eigenvalue weighted by Gasteiger charge is 2.26. The molecule has 2 aromatic carbocycles. The largest absolute Gasteiger partial charge is 0.437 e. The molecule has 144 valence electrons. The molecule has 0 saturated carbocycles. The van der Waals surface area contributed by atoms with Gasteiger partial charge < -0.3 is 4.42 Å². The molecular weight excluding hydrogens is 358 g/mol. The summed E-state index contributed by atoms with van der Waals surface area (Å²) in [5, 5.41) is 2.16. The zero-order valence-corrected chi connectivity index (χ0v) is 17.2. The lowest BCUT2D eigenvalue weighted by Crippen LogP contribution is -2.29. The van der Waals surface area contributed by atoms with Crippen molar-refractivity contribution < 1.29 is 8.98 Å². The Balaban J connectivity index is 1.84. The van der Waals surface area contributed by atoms with Crippen molar-refractivity contribution >= 4 is 22.1 Å². The van der Waals surface area contributed by atoms with Crippen molar-refractivity contribution in [2.45, 2.75) is 26.7 Å². The van der Waals surface area contributed by atoms with Gasteiger partial charge in [-0.3, -0.25) is 0 Å². The Hall–Kier alpha value is -3.40. The molecule has 0 spiro atoms. The quantitative estimate of drug-likeness (QED) is 0.375. The van der Waals surface area contributed by atoms with Crippen LogP contribution in [0.5, 0.6) is 0 Å². The van der Waals surface area contributed by atoms with Crippen molar-refractivity contribution in [1.29, 1.82) is 0 Å². The third-order valence-corrected chi connectivity index (χ3v) is 5.59. The number of pyridine rings is 1. The molecular formula is C25H24N3O+. The summed E-state index contributed by atoms with van der Waals surface area (Å²) >= 11 is 0. The number of hydrogen-bond donors (Lipinski definition) is 0. The highest BCUT2D eigenvalue weighted by molar-refractivity contribution is 6.08. The third kappa shape index (κ3) is 2.75. The summed E-state index contributed by atoms with van der Waals surface area (Å²) in [6.45, 7) is 6.44. The van der Waals surface area contributed by atoms with Crippen LogP contribution in [0.4, 0.5) is 0 Å². The summed E-state index contributed by atoms with van der Waals surface area (Å²) in [7, 11) is 2.07. The van der Waals surface area contributed by atoms with Gasteiger partial charge in [0.25, 0.3) is 5.82 Å². The zero-order chi connectivity index (χ0) is 20.1. The molecule has 0 radical (unpaired) electrons. The maximum Gasteiger partial charge on any atom is 0.297 e. The van der Waals surface area contributed by atoms with Crippen molar-refractivity contribution in [1.82, 2.24) is 9.55 Å². The fraction of sp³-hybridized carbons (Fsp3) is 0.200. The minimum Gasteiger partial charge on any atom is -0.437 e. The van der Waals surface area contributed by atoms with Gasteiger partial charge in [-0.25, -0.2) is 9.55 Å². The number of hydrogen-bond acceptors (Lipinski definition) is 2. The smallest absolute Gasteiger partial charge is 0.297 e. The second-order valence-electron chi connectivity index (χ2n) is 7.92. The van der Waals surface area contributed by atoms with Gasteiger partial charge in [-0.15, -0.1) is 0 Å². The summed E-state index contributed by atoms with van der Waals surface area (Å²) in [6, 6.07) is 19.0. The van der Waals surface area contributed by atoms with Gasteiger partial charge in [0.05, 0.1) is 7.05 Å². The normalized spacial score (nSPS) is 11.8. The van der Waals surface area contributed by atoms with Crippen LogP contribution in [0.2, 0.25) is 0 Å². The number of imidazole rings is 1. The molecule has 3 heterocycles. The van der Waals surface area contributed by atoms with Crippen molar-refractivity contribution in [2.24, 2.45) is 7.05 Å². The van der Waals surface area contributed by atoms with Crippen molar-refractivity contribution in [3.05, 3.63) is 78.2 Å². The SMILES string of the molecule is Cc1ccc2c(oc3nc(C(C)C)ccc32)c1-c1n(-c2ccccc2)cc[n+]1C. The number of aromatic nitrogens is 3. The van der Waals surface area contributed by atoms with Crippen molar-refractivity contribution in [3.8, 4) is 17.1 Å². The molecule has 29 heavy (non-hydrogen) atoms. The van der Waals surface area contributed by atoms with Crippen LogP contribution in [0.3, 0.4) is 0 Å². The number of rotatable bonds is 3. The van der Waals surface area contributed by atoms with Crippen molar-refractivity contribution in [2.75, 3.05) is 0 Å². The molecule has 0 amide bonds. The van der Waals surface area contributed by atoms with E-state index < -0.39 is 0 Å². The predicted molar refractivity (Wildman–Crippen MR) is 116 cm³/mol. The van der Waals surface area contributed by atoms with Gasteiger partial charge in [-0.2, -0.15) is 4.57 Å². The predicted octanol–water partition coefficient (Wildman–Crippen LogP) is 5.70. The van der Waals surface area contributed by atoms with E-state index in [1.165, 1.54) is 5.56 Å². The Morgan fingerprint density at radius 1 is 0.966 bits per heavy atom. The van der Waals surface area contributed by atoms with Gasteiger partial charge in [0.2, 0.25) is 5.71 Å². The van der Waals surface area contributed by atoms with Crippen LogP contribution in [0.25, 0.3) is 39.1 Å². The summed E-state index contributed by atoms with van der Waals surface area (Å²) in [6.07, 6.45) is 4.18. The summed E-state index contributed by atoms with van der Waals surface area (Å²) in [5.74, 6) is 1.45. The number of benzene rings is 2. The van der Waals surface area contributed by atoms with Gasteiger partial charge in [-0.05, 0) is 42.7 Å². The molecule has 0 N–H and O–H groups in total. The van der Waals surface area contributed by atoms with Crippen LogP contribution in [0, 0.1) is 6.92 Å². The summed E-state index contributed by atoms with van der Waals surface area (Å²) in [4.78, 5) is 4.79. The number of aryl methyl sites for hydroxylation is 2. The molecule has 0 aliphatic carbocycles. The molecule has 5 aromatic rings. The van der Waals surface area contributed by atoms with E-state index in [9.17, 15) is 0 Å². The Morgan fingerprint density at radius 2 is 1.72 bits per heavy atom. The molecule has 0 unspecified atom stereocenters. The number of para-hydroxylation sites is 1. The van der Waals surface area contributed by atoms with Gasteiger partial charge in [0, 0.05) is 16.5 Å². The molecule has 0 bridgehead atoms. The minimum atomic E-state index is 0.363. The van der Waals surface area contributed by atoms with Crippen molar-refractivity contribution in [3.63, 3.8) is 0 Å². The molecule has 0 aliphatic heterocycles. The average Bonchev–Trinajstić information content (AvgIpc) is 3.28. The standard InChI is InChI=1S/C25H24N3O/c1-16(2)21-13-12-20-19-11-10-17(3)22(23(19)29-24(20)26-21)25-27(4)14-15-28(25)18-8-6-5-7-9-18/h5-16H,1-4H3/q+1. The fourth-order valence-corrected chi connectivity index (χ4v) is 4.00. The minimum absolute atomic E-state index is 0.363. The van der Waals surface area contributed by atoms with E-state index >= 15 is 0 Å². The van der Waals surface area contributed by atoms with Crippen LogP contribution in [0.15, 0.2) is 71.4 Å². The van der Waals surface area contributed by atoms with E-state index in [-0.39, 0.29) is 0 Å². The summed E-state index contributed by atoms with van der Waals surface area (Å²) in [5.41, 5.74) is 6.04. The molecule has 4 heteroatoms. The Bertz CT molecular complexity index is 1340. The monoisotopic (exact) mass is 382 g/mol. The molecule has 5 rings (SSSR count). The second kappa shape index (κ2) is 6.59. The molecule has 0 atom stereocenters. The summed E-state index contributed by atoms with van der Waals surface area (Å²) < 4.78 is 10.7. The maximum atomic E-state index is 6.39. The second-order valence-corrected chi connectivity index (χ2v) is 7.92. The third-order valence-electron chi connectivity index (χ3n) is 5.59. The lowest BCUT2D eigenvalue weighted by molar-refractivity contribution is -0.659. The molecule has 4 nitrogen and oxygen atoms in total. The van der Waals surface area contributed by atoms with Gasteiger partial charge in [0.15, 0.2) is 5.58 Å². The van der Waals surface area contributed by atoms with Crippen LogP contribution < -0.4 is 4.57 Å². The van der Waals surface area contributed by atoms with E-state index in [0.29, 0.717) is 11.6 Å². The first-order valence-electron chi connectivity index (χ1n) is 10.00. The van der Waals surface area contributed by atoms with Crippen LogP contribution >= 0.6 is 0 Å². The Kier molecular flexibility index (Phi) is 4.02. The average molecular weight is 382 g/mol. The highest BCUT2D eigenvalue weighted by Crippen LogP contribution is 2.37. The zero-order valence-electron chi connectivity index (χ0n) is 17.2. The van der Waals surface area contributed by atoms with E-state index in [1.807, 2.05) is 6.07 Å². The first-order chi connectivity index (χ1) is 14.0. The van der Waals surface area contributed by atoms with Crippen LogP contribution in [-0.4, -0.2) is 9.55 Å². The first kappa shape index (κ1) is 17.7. The topological polar surface area (TPSA) is 34.8 Å². The molecule has 0 fully saturated rings. The fourth-order valence-electron chi connectivity index (χ4n) is 4.00. The molecule has 0 aliphatic rings. The van der Waals surface area contributed by atoms with Gasteiger partial charge in [0.1, 0.15) is 23.6 Å². The molecule has 3 aromatic heterocycles. The lowest BCUT2D eigenvalue weighted by Gasteiger charge is -2.06. The van der Waals surface area contributed by atoms with Crippen LogP contribution in [-0.2, 0) is 7.05 Å². The van der Waals surface area contributed by atoms with Gasteiger partial charge in [-0.1, -0.05) is 44.2 Å². The van der Waals surface area contributed by atoms with E-state index in [1.54, 1.807) is 0 Å². The highest BCUT2D eigenvalue weighted by atomic mass is 16.3. The van der Waals surface area contributed by atoms with E-state index in [2.05, 4.69) is 97.9 Å². The Labute approximate surface area is 170 Å². The van der Waals surface area contributed by atoms with E-state index in [4.69, 9.17) is 9.40 Å². The number of fused-ring (bicyclic) bond motifs is 3. The maximum absolute atomic E-state index is 6.39. The number of furan rings is 1. The van der Waals surface area contributed by atoms with Gasteiger partial charge >= 0.3 is 0 Å². The van der Waals surface area contributed by atoms with Crippen LogP contribution in [0.1, 0.15) is 31.0 Å². The Morgan fingerprint density at radius 3 is 2.48 bits per heavy atom. The lowest BCUT2D eigenvalue weighted by atomic mass is 10.0. The molecule has 0 saturated heterocycles.